The zero-order chi connectivity index (χ0) is 11.5. The number of rotatable bonds is 3. The molecular formula is C12H18N2O. The van der Waals surface area contributed by atoms with E-state index in [-0.39, 0.29) is 12.0 Å². The first-order chi connectivity index (χ1) is 6.97. The highest BCUT2D eigenvalue weighted by atomic mass is 16.3. The third-order valence-corrected chi connectivity index (χ3v) is 2.51. The van der Waals surface area contributed by atoms with Crippen LogP contribution >= 0.6 is 0 Å². The van der Waals surface area contributed by atoms with Gasteiger partial charge < -0.3 is 5.11 Å². The van der Waals surface area contributed by atoms with Gasteiger partial charge in [-0.25, -0.2) is 5.84 Å². The van der Waals surface area contributed by atoms with E-state index < -0.39 is 0 Å². The summed E-state index contributed by atoms with van der Waals surface area (Å²) in [5.41, 5.74) is 1.41. The highest BCUT2D eigenvalue weighted by Crippen LogP contribution is 2.26. The highest BCUT2D eigenvalue weighted by molar-refractivity contribution is 5.35. The standard InChI is InChI=1S/C12H18N2O/c1-10(12(2,3)9-15)8-11-6-4-5-7-14(11)13/h4-8,15H,1,9,13H2,2-3H3/b11-8-. The monoisotopic (exact) mass is 206 g/mol. The first-order valence-corrected chi connectivity index (χ1v) is 4.88. The van der Waals surface area contributed by atoms with Crippen LogP contribution in [-0.2, 0) is 0 Å². The van der Waals surface area contributed by atoms with E-state index >= 15 is 0 Å². The topological polar surface area (TPSA) is 49.5 Å². The molecule has 0 fully saturated rings. The van der Waals surface area contributed by atoms with Crippen molar-refractivity contribution in [2.24, 2.45) is 11.3 Å². The minimum absolute atomic E-state index is 0.0692. The molecule has 0 amide bonds. The largest absolute Gasteiger partial charge is 0.395 e. The molecule has 0 aromatic heterocycles. The quantitative estimate of drug-likeness (QED) is 0.691. The summed E-state index contributed by atoms with van der Waals surface area (Å²) in [4.78, 5) is 0. The second-order valence-electron chi connectivity index (χ2n) is 4.24. The van der Waals surface area contributed by atoms with Crippen molar-refractivity contribution in [1.82, 2.24) is 5.01 Å². The van der Waals surface area contributed by atoms with Crippen LogP contribution in [0.2, 0.25) is 0 Å². The maximum absolute atomic E-state index is 9.19. The minimum atomic E-state index is -0.317. The summed E-state index contributed by atoms with van der Waals surface area (Å²) < 4.78 is 0. The van der Waals surface area contributed by atoms with Crippen molar-refractivity contribution in [3.05, 3.63) is 48.4 Å². The Kier molecular flexibility index (Phi) is 3.50. The molecule has 1 aliphatic rings. The van der Waals surface area contributed by atoms with Gasteiger partial charge in [-0.1, -0.05) is 26.5 Å². The summed E-state index contributed by atoms with van der Waals surface area (Å²) in [6.45, 7) is 7.90. The molecule has 3 N–H and O–H groups in total. The molecule has 0 aromatic rings. The first kappa shape index (κ1) is 11.8. The molecule has 3 nitrogen and oxygen atoms in total. The summed E-state index contributed by atoms with van der Waals surface area (Å²) in [5, 5.41) is 10.7. The molecule has 15 heavy (non-hydrogen) atoms. The molecule has 0 aromatic carbocycles. The maximum atomic E-state index is 9.19. The van der Waals surface area contributed by atoms with E-state index in [0.29, 0.717) is 0 Å². The van der Waals surface area contributed by atoms with Gasteiger partial charge in [-0.2, -0.15) is 0 Å². The lowest BCUT2D eigenvalue weighted by Crippen LogP contribution is -2.26. The number of nitrogens with two attached hydrogens (primary N) is 1. The molecule has 0 radical (unpaired) electrons. The van der Waals surface area contributed by atoms with Crippen molar-refractivity contribution in [1.29, 1.82) is 0 Å². The molecule has 0 saturated carbocycles. The van der Waals surface area contributed by atoms with Crippen LogP contribution in [-0.4, -0.2) is 16.7 Å². The van der Waals surface area contributed by atoms with Crippen LogP contribution in [0.3, 0.4) is 0 Å². The van der Waals surface area contributed by atoms with Crippen LogP contribution in [0.5, 0.6) is 0 Å². The molecule has 82 valence electrons. The molecule has 1 aliphatic heterocycles. The number of hydrogen-bond acceptors (Lipinski definition) is 3. The fourth-order valence-corrected chi connectivity index (χ4v) is 1.07. The third-order valence-electron chi connectivity index (χ3n) is 2.51. The Labute approximate surface area is 90.9 Å². The van der Waals surface area contributed by atoms with E-state index in [4.69, 9.17) is 5.84 Å². The Morgan fingerprint density at radius 1 is 1.60 bits per heavy atom. The van der Waals surface area contributed by atoms with Crippen LogP contribution in [0, 0.1) is 5.41 Å². The van der Waals surface area contributed by atoms with Crippen molar-refractivity contribution in [3.63, 3.8) is 0 Å². The average Bonchev–Trinajstić information content (AvgIpc) is 2.21. The summed E-state index contributed by atoms with van der Waals surface area (Å²) in [6, 6.07) is 0. The predicted octanol–water partition coefficient (Wildman–Crippen LogP) is 1.70. The van der Waals surface area contributed by atoms with E-state index in [2.05, 4.69) is 6.58 Å². The molecule has 0 spiro atoms. The number of hydrazine groups is 1. The number of hydrogen-bond donors (Lipinski definition) is 2. The fourth-order valence-electron chi connectivity index (χ4n) is 1.07. The Bertz CT molecular complexity index is 338. The van der Waals surface area contributed by atoms with E-state index in [1.54, 1.807) is 6.20 Å². The predicted molar refractivity (Wildman–Crippen MR) is 62.4 cm³/mol. The number of allylic oxidation sites excluding steroid dienone is 4. The summed E-state index contributed by atoms with van der Waals surface area (Å²) in [6.07, 6.45) is 9.33. The lowest BCUT2D eigenvalue weighted by Gasteiger charge is -2.25. The molecule has 1 heterocycles. The first-order valence-electron chi connectivity index (χ1n) is 4.88. The maximum Gasteiger partial charge on any atom is 0.0570 e. The molecule has 1 rings (SSSR count). The molecule has 0 bridgehead atoms. The zero-order valence-corrected chi connectivity index (χ0v) is 9.27. The van der Waals surface area contributed by atoms with Crippen molar-refractivity contribution in [2.45, 2.75) is 13.8 Å². The Morgan fingerprint density at radius 3 is 2.80 bits per heavy atom. The lowest BCUT2D eigenvalue weighted by molar-refractivity contribution is 0.193. The van der Waals surface area contributed by atoms with Gasteiger partial charge in [0.1, 0.15) is 0 Å². The normalized spacial score (nSPS) is 18.7. The SMILES string of the molecule is C=C(/C=C1/C=CC=CN1N)C(C)(C)CO. The Hall–Kier alpha value is -1.32. The smallest absolute Gasteiger partial charge is 0.0570 e. The van der Waals surface area contributed by atoms with Crippen molar-refractivity contribution >= 4 is 0 Å². The summed E-state index contributed by atoms with van der Waals surface area (Å²) >= 11 is 0. The average molecular weight is 206 g/mol. The van der Waals surface area contributed by atoms with Crippen LogP contribution in [0.1, 0.15) is 13.8 Å². The molecular weight excluding hydrogens is 188 g/mol. The van der Waals surface area contributed by atoms with Crippen LogP contribution in [0.15, 0.2) is 48.4 Å². The van der Waals surface area contributed by atoms with Crippen LogP contribution in [0.25, 0.3) is 0 Å². The number of aliphatic hydroxyl groups is 1. The highest BCUT2D eigenvalue weighted by Gasteiger charge is 2.19. The fraction of sp³-hybridized carbons (Fsp3) is 0.333. The third kappa shape index (κ3) is 2.81. The van der Waals surface area contributed by atoms with Gasteiger partial charge in [0.25, 0.3) is 0 Å². The second-order valence-corrected chi connectivity index (χ2v) is 4.24. The van der Waals surface area contributed by atoms with Gasteiger partial charge in [0.05, 0.1) is 12.3 Å². The van der Waals surface area contributed by atoms with Crippen LogP contribution < -0.4 is 5.84 Å². The van der Waals surface area contributed by atoms with E-state index in [0.717, 1.165) is 11.3 Å². The molecule has 0 unspecified atom stereocenters. The van der Waals surface area contributed by atoms with E-state index in [9.17, 15) is 5.11 Å². The van der Waals surface area contributed by atoms with Gasteiger partial charge in [0.15, 0.2) is 0 Å². The zero-order valence-electron chi connectivity index (χ0n) is 9.27. The Balaban J connectivity index is 2.84. The van der Waals surface area contributed by atoms with E-state index in [1.165, 1.54) is 5.01 Å². The molecule has 0 aliphatic carbocycles. The molecule has 0 atom stereocenters. The van der Waals surface area contributed by atoms with Crippen molar-refractivity contribution in [2.75, 3.05) is 6.61 Å². The second kappa shape index (κ2) is 4.47. The van der Waals surface area contributed by atoms with Crippen LogP contribution in [0.4, 0.5) is 0 Å². The molecule has 3 heteroatoms. The Morgan fingerprint density at radius 2 is 2.27 bits per heavy atom. The van der Waals surface area contributed by atoms with Gasteiger partial charge in [-0.15, -0.1) is 0 Å². The van der Waals surface area contributed by atoms with Gasteiger partial charge in [0.2, 0.25) is 0 Å². The summed E-state index contributed by atoms with van der Waals surface area (Å²) in [7, 11) is 0. The number of aliphatic hydroxyl groups excluding tert-OH is 1. The van der Waals surface area contributed by atoms with Crippen molar-refractivity contribution < 1.29 is 5.11 Å². The van der Waals surface area contributed by atoms with Gasteiger partial charge in [-0.05, 0) is 23.8 Å². The van der Waals surface area contributed by atoms with Gasteiger partial charge in [0, 0.05) is 11.6 Å². The van der Waals surface area contributed by atoms with E-state index in [1.807, 2.05) is 38.2 Å². The van der Waals surface area contributed by atoms with Gasteiger partial charge in [-0.3, -0.25) is 5.01 Å². The molecule has 0 saturated heterocycles. The minimum Gasteiger partial charge on any atom is -0.395 e. The summed E-state index contributed by atoms with van der Waals surface area (Å²) in [5.74, 6) is 5.74. The van der Waals surface area contributed by atoms with Crippen molar-refractivity contribution in [3.8, 4) is 0 Å². The van der Waals surface area contributed by atoms with Gasteiger partial charge >= 0.3 is 0 Å². The number of nitrogens with zero attached hydrogens (tertiary/aromatic N) is 1. The lowest BCUT2D eigenvalue weighted by atomic mass is 9.85.